The zero-order valence-electron chi connectivity index (χ0n) is 12.1. The lowest BCUT2D eigenvalue weighted by atomic mass is 10.2. The molecule has 2 rings (SSSR count). The van der Waals surface area contributed by atoms with Gasteiger partial charge in [0.2, 0.25) is 5.75 Å². The van der Waals surface area contributed by atoms with Crippen molar-refractivity contribution in [2.75, 3.05) is 7.11 Å². The minimum atomic E-state index is -0.871. The zero-order chi connectivity index (χ0) is 16.8. The third-order valence-corrected chi connectivity index (χ3v) is 2.87. The topological polar surface area (TPSA) is 78.7 Å². The molecule has 0 saturated heterocycles. The molecule has 0 radical (unpaired) electrons. The van der Waals surface area contributed by atoms with Gasteiger partial charge in [-0.3, -0.25) is 10.1 Å². The lowest BCUT2D eigenvalue weighted by Gasteiger charge is -2.04. The molecule has 2 aromatic carbocycles. The number of methoxy groups -OCH3 is 1. The third-order valence-electron chi connectivity index (χ3n) is 2.87. The SMILES string of the molecule is COc1ccccc1/C=C/C(=O)Oc1cc(F)ccc1[N+](=O)[O-]. The van der Waals surface area contributed by atoms with Gasteiger partial charge < -0.3 is 9.47 Å². The fourth-order valence-corrected chi connectivity index (χ4v) is 1.82. The number of para-hydroxylation sites is 1. The van der Waals surface area contributed by atoms with Crippen LogP contribution in [0.1, 0.15) is 5.56 Å². The molecule has 0 aliphatic rings. The predicted molar refractivity (Wildman–Crippen MR) is 80.7 cm³/mol. The molecule has 118 valence electrons. The van der Waals surface area contributed by atoms with Gasteiger partial charge in [-0.25, -0.2) is 9.18 Å². The molecule has 0 aromatic heterocycles. The molecule has 0 atom stereocenters. The molecule has 0 bridgehead atoms. The maximum Gasteiger partial charge on any atom is 0.336 e. The Kier molecular flexibility index (Phi) is 5.03. The Morgan fingerprint density at radius 2 is 1.96 bits per heavy atom. The molecule has 6 nitrogen and oxygen atoms in total. The van der Waals surface area contributed by atoms with Gasteiger partial charge in [0.05, 0.1) is 12.0 Å². The number of nitrogens with zero attached hydrogens (tertiary/aromatic N) is 1. The van der Waals surface area contributed by atoms with Crippen LogP contribution < -0.4 is 9.47 Å². The van der Waals surface area contributed by atoms with Crippen LogP contribution >= 0.6 is 0 Å². The predicted octanol–water partition coefficient (Wildman–Crippen LogP) is 3.36. The normalized spacial score (nSPS) is 10.5. The Hall–Kier alpha value is -3.22. The Morgan fingerprint density at radius 1 is 1.22 bits per heavy atom. The number of nitro benzene ring substituents is 1. The lowest BCUT2D eigenvalue weighted by molar-refractivity contribution is -0.385. The highest BCUT2D eigenvalue weighted by Crippen LogP contribution is 2.27. The van der Waals surface area contributed by atoms with Crippen molar-refractivity contribution in [3.8, 4) is 11.5 Å². The van der Waals surface area contributed by atoms with E-state index in [1.807, 2.05) is 0 Å². The van der Waals surface area contributed by atoms with Gasteiger partial charge in [-0.2, -0.15) is 0 Å². The van der Waals surface area contributed by atoms with Gasteiger partial charge in [-0.05, 0) is 18.2 Å². The fourth-order valence-electron chi connectivity index (χ4n) is 1.82. The summed E-state index contributed by atoms with van der Waals surface area (Å²) in [4.78, 5) is 21.9. The second kappa shape index (κ2) is 7.17. The van der Waals surface area contributed by atoms with E-state index in [2.05, 4.69) is 0 Å². The van der Waals surface area contributed by atoms with Crippen molar-refractivity contribution in [1.82, 2.24) is 0 Å². The maximum absolute atomic E-state index is 13.2. The molecule has 23 heavy (non-hydrogen) atoms. The number of halogens is 1. The van der Waals surface area contributed by atoms with E-state index in [0.29, 0.717) is 11.3 Å². The van der Waals surface area contributed by atoms with Gasteiger partial charge in [-0.15, -0.1) is 0 Å². The number of ether oxygens (including phenoxy) is 2. The molecule has 0 amide bonds. The van der Waals surface area contributed by atoms with Crippen LogP contribution in [-0.2, 0) is 4.79 Å². The largest absolute Gasteiger partial charge is 0.496 e. The molecule has 0 spiro atoms. The van der Waals surface area contributed by atoms with E-state index >= 15 is 0 Å². The van der Waals surface area contributed by atoms with Gasteiger partial charge in [0.1, 0.15) is 11.6 Å². The summed E-state index contributed by atoms with van der Waals surface area (Å²) in [6.07, 6.45) is 2.51. The van der Waals surface area contributed by atoms with Gasteiger partial charge in [0.15, 0.2) is 0 Å². The van der Waals surface area contributed by atoms with Gasteiger partial charge in [-0.1, -0.05) is 18.2 Å². The molecule has 0 unspecified atom stereocenters. The average molecular weight is 317 g/mol. The van der Waals surface area contributed by atoms with Crippen LogP contribution in [-0.4, -0.2) is 18.0 Å². The molecule has 0 saturated carbocycles. The molecule has 0 aliphatic carbocycles. The summed E-state index contributed by atoms with van der Waals surface area (Å²) in [6, 6.07) is 9.58. The number of carbonyl (C=O) groups excluding carboxylic acids is 1. The lowest BCUT2D eigenvalue weighted by Crippen LogP contribution is -2.06. The second-order valence-electron chi connectivity index (χ2n) is 4.37. The Balaban J connectivity index is 2.18. The molecule has 0 aliphatic heterocycles. The van der Waals surface area contributed by atoms with Gasteiger partial charge in [0, 0.05) is 23.8 Å². The van der Waals surface area contributed by atoms with Gasteiger partial charge in [0.25, 0.3) is 0 Å². The number of benzene rings is 2. The van der Waals surface area contributed by atoms with Crippen LogP contribution in [0.5, 0.6) is 11.5 Å². The number of nitro groups is 1. The van der Waals surface area contributed by atoms with Crippen LogP contribution in [0, 0.1) is 15.9 Å². The Labute approximate surface area is 130 Å². The first kappa shape index (κ1) is 16.2. The third kappa shape index (κ3) is 4.13. The van der Waals surface area contributed by atoms with E-state index in [0.717, 1.165) is 24.3 Å². The fraction of sp³-hybridized carbons (Fsp3) is 0.0625. The second-order valence-corrected chi connectivity index (χ2v) is 4.37. The minimum Gasteiger partial charge on any atom is -0.496 e. The monoisotopic (exact) mass is 317 g/mol. The van der Waals surface area contributed by atoms with Crippen LogP contribution in [0.4, 0.5) is 10.1 Å². The first-order chi connectivity index (χ1) is 11.0. The molecule has 0 fully saturated rings. The molecule has 0 N–H and O–H groups in total. The van der Waals surface area contributed by atoms with Crippen molar-refractivity contribution in [3.63, 3.8) is 0 Å². The number of esters is 1. The quantitative estimate of drug-likeness (QED) is 0.278. The number of rotatable bonds is 5. The van der Waals surface area contributed by atoms with Crippen LogP contribution in [0.15, 0.2) is 48.5 Å². The molecule has 2 aromatic rings. The smallest absolute Gasteiger partial charge is 0.336 e. The van der Waals surface area contributed by atoms with Crippen LogP contribution in [0.3, 0.4) is 0 Å². The van der Waals surface area contributed by atoms with Crippen molar-refractivity contribution in [2.24, 2.45) is 0 Å². The first-order valence-electron chi connectivity index (χ1n) is 6.48. The summed E-state index contributed by atoms with van der Waals surface area (Å²) in [5.74, 6) is -1.52. The maximum atomic E-state index is 13.2. The molecule has 0 heterocycles. The summed E-state index contributed by atoms with van der Waals surface area (Å²) in [5, 5.41) is 10.8. The molecule has 7 heteroatoms. The van der Waals surface area contributed by atoms with Crippen LogP contribution in [0.2, 0.25) is 0 Å². The number of carbonyl (C=O) groups is 1. The Morgan fingerprint density at radius 3 is 2.65 bits per heavy atom. The average Bonchev–Trinajstić information content (AvgIpc) is 2.53. The first-order valence-corrected chi connectivity index (χ1v) is 6.48. The van der Waals surface area contributed by atoms with Crippen molar-refractivity contribution in [2.45, 2.75) is 0 Å². The highest BCUT2D eigenvalue weighted by molar-refractivity contribution is 5.89. The standard InChI is InChI=1S/C16H12FNO5/c1-22-14-5-3-2-4-11(14)6-9-16(19)23-15-10-12(17)7-8-13(15)18(20)21/h2-10H,1H3/b9-6+. The van der Waals surface area contributed by atoms with Crippen molar-refractivity contribution >= 4 is 17.7 Å². The van der Waals surface area contributed by atoms with Crippen molar-refractivity contribution in [1.29, 1.82) is 0 Å². The zero-order valence-corrected chi connectivity index (χ0v) is 12.1. The van der Waals surface area contributed by atoms with E-state index in [-0.39, 0.29) is 0 Å². The highest BCUT2D eigenvalue weighted by atomic mass is 19.1. The number of hydrogen-bond acceptors (Lipinski definition) is 5. The van der Waals surface area contributed by atoms with E-state index in [9.17, 15) is 19.3 Å². The van der Waals surface area contributed by atoms with Crippen molar-refractivity contribution in [3.05, 3.63) is 70.0 Å². The van der Waals surface area contributed by atoms with Crippen LogP contribution in [0.25, 0.3) is 6.08 Å². The molecular formula is C16H12FNO5. The summed E-state index contributed by atoms with van der Waals surface area (Å²) in [7, 11) is 1.49. The van der Waals surface area contributed by atoms with E-state index in [4.69, 9.17) is 9.47 Å². The van der Waals surface area contributed by atoms with E-state index in [1.54, 1.807) is 24.3 Å². The Bertz CT molecular complexity index is 773. The summed E-state index contributed by atoms with van der Waals surface area (Å²) in [5.41, 5.74) is 0.131. The minimum absolute atomic E-state index is 0.454. The van der Waals surface area contributed by atoms with E-state index < -0.39 is 28.1 Å². The van der Waals surface area contributed by atoms with Crippen molar-refractivity contribution < 1.29 is 23.6 Å². The van der Waals surface area contributed by atoms with Gasteiger partial charge >= 0.3 is 11.7 Å². The van der Waals surface area contributed by atoms with E-state index in [1.165, 1.54) is 13.2 Å². The molecular weight excluding hydrogens is 305 g/mol. The summed E-state index contributed by atoms with van der Waals surface area (Å²) >= 11 is 0. The summed E-state index contributed by atoms with van der Waals surface area (Å²) < 4.78 is 23.1. The summed E-state index contributed by atoms with van der Waals surface area (Å²) in [6.45, 7) is 0. The highest BCUT2D eigenvalue weighted by Gasteiger charge is 2.18. The number of hydrogen-bond donors (Lipinski definition) is 0.